The number of phenols is 1. The molecule has 0 spiro atoms. The fourth-order valence-corrected chi connectivity index (χ4v) is 1.66. The number of aromatic hydroxyl groups is 1. The van der Waals surface area contributed by atoms with Gasteiger partial charge in [0, 0.05) is 0 Å². The van der Waals surface area contributed by atoms with Crippen LogP contribution >= 0.6 is 31.9 Å². The van der Waals surface area contributed by atoms with E-state index in [4.69, 9.17) is 0 Å². The van der Waals surface area contributed by atoms with E-state index in [1.807, 2.05) is 0 Å². The van der Waals surface area contributed by atoms with Crippen LogP contribution in [-0.4, -0.2) is 21.1 Å². The maximum absolute atomic E-state index is 11.3. The number of nitro groups is 1. The van der Waals surface area contributed by atoms with Gasteiger partial charge in [0.25, 0.3) is 0 Å². The first-order chi connectivity index (χ1) is 6.99. The molecule has 0 saturated heterocycles. The van der Waals surface area contributed by atoms with Gasteiger partial charge in [0.2, 0.25) is 5.75 Å². The molecule has 0 aromatic heterocycles. The van der Waals surface area contributed by atoms with E-state index >= 15 is 0 Å². The fourth-order valence-electron chi connectivity index (χ4n) is 1.04. The zero-order valence-corrected chi connectivity index (χ0v) is 10.4. The molecule has 0 radical (unpaired) electrons. The third-order valence-corrected chi connectivity index (χ3v) is 2.86. The Hall–Kier alpha value is -0.950. The Morgan fingerprint density at radius 3 is 2.60 bits per heavy atom. The summed E-state index contributed by atoms with van der Waals surface area (Å²) < 4.78 is 0.181. The molecular weight excluding hydrogens is 334 g/mol. The van der Waals surface area contributed by atoms with E-state index in [0.717, 1.165) is 0 Å². The predicted molar refractivity (Wildman–Crippen MR) is 60.6 cm³/mol. The van der Waals surface area contributed by atoms with Gasteiger partial charge < -0.3 is 5.11 Å². The van der Waals surface area contributed by atoms with Crippen LogP contribution in [0.1, 0.15) is 10.4 Å². The highest BCUT2D eigenvalue weighted by atomic mass is 79.9. The summed E-state index contributed by atoms with van der Waals surface area (Å²) in [7, 11) is 0. The first-order valence-electron chi connectivity index (χ1n) is 3.74. The van der Waals surface area contributed by atoms with Crippen LogP contribution in [0.5, 0.6) is 5.75 Å². The van der Waals surface area contributed by atoms with Gasteiger partial charge in [0.05, 0.1) is 14.7 Å². The summed E-state index contributed by atoms with van der Waals surface area (Å²) in [6.07, 6.45) is 0. The van der Waals surface area contributed by atoms with E-state index in [9.17, 15) is 20.0 Å². The van der Waals surface area contributed by atoms with Gasteiger partial charge >= 0.3 is 5.69 Å². The molecular formula is C8H5Br2NO4. The SMILES string of the molecule is O=C(CBr)c1ccc(Br)c(O)c1[N+](=O)[O-]. The minimum absolute atomic E-state index is 0.0328. The second kappa shape index (κ2) is 4.71. The molecule has 1 aromatic carbocycles. The molecule has 0 heterocycles. The van der Waals surface area contributed by atoms with Gasteiger partial charge in [-0.25, -0.2) is 0 Å². The van der Waals surface area contributed by atoms with E-state index in [0.29, 0.717) is 0 Å². The molecule has 0 atom stereocenters. The van der Waals surface area contributed by atoms with Crippen LogP contribution in [0.15, 0.2) is 16.6 Å². The number of nitrogens with zero attached hydrogens (tertiary/aromatic N) is 1. The van der Waals surface area contributed by atoms with Crippen LogP contribution in [0.2, 0.25) is 0 Å². The summed E-state index contributed by atoms with van der Waals surface area (Å²) in [5, 5.41) is 20.1. The number of nitro benzene ring substituents is 1. The molecule has 0 saturated carbocycles. The van der Waals surface area contributed by atoms with Crippen molar-refractivity contribution in [3.8, 4) is 5.75 Å². The van der Waals surface area contributed by atoms with Crippen molar-refractivity contribution in [2.45, 2.75) is 0 Å². The number of carbonyl (C=O) groups excluding carboxylic acids is 1. The Labute approximate surface area is 102 Å². The third-order valence-electron chi connectivity index (χ3n) is 1.71. The second-order valence-corrected chi connectivity index (χ2v) is 4.02. The number of phenolic OH excluding ortho intramolecular Hbond substituents is 1. The standard InChI is InChI=1S/C8H5Br2NO4/c9-3-6(12)4-1-2-5(10)8(13)7(4)11(14)15/h1-2,13H,3H2. The topological polar surface area (TPSA) is 80.4 Å². The molecule has 0 amide bonds. The molecule has 0 fully saturated rings. The number of carbonyl (C=O) groups is 1. The Balaban J connectivity index is 3.46. The summed E-state index contributed by atoms with van der Waals surface area (Å²) in [4.78, 5) is 21.2. The highest BCUT2D eigenvalue weighted by molar-refractivity contribution is 9.10. The molecule has 1 rings (SSSR count). The zero-order valence-electron chi connectivity index (χ0n) is 7.24. The van der Waals surface area contributed by atoms with E-state index in [1.165, 1.54) is 12.1 Å². The fraction of sp³-hybridized carbons (Fsp3) is 0.125. The average Bonchev–Trinajstić information content (AvgIpc) is 2.20. The summed E-state index contributed by atoms with van der Waals surface area (Å²) in [6.45, 7) is 0. The van der Waals surface area contributed by atoms with Crippen LogP contribution in [0.4, 0.5) is 5.69 Å². The van der Waals surface area contributed by atoms with Gasteiger partial charge in [-0.3, -0.25) is 14.9 Å². The highest BCUT2D eigenvalue weighted by Crippen LogP contribution is 2.36. The Kier molecular flexibility index (Phi) is 3.81. The lowest BCUT2D eigenvalue weighted by molar-refractivity contribution is -0.386. The second-order valence-electron chi connectivity index (χ2n) is 2.61. The van der Waals surface area contributed by atoms with Crippen LogP contribution in [0.25, 0.3) is 0 Å². The average molecular weight is 339 g/mol. The molecule has 0 aliphatic carbocycles. The normalized spacial score (nSPS) is 10.0. The molecule has 0 unspecified atom stereocenters. The summed E-state index contributed by atoms with van der Waals surface area (Å²) in [5.74, 6) is -0.990. The van der Waals surface area contributed by atoms with Crippen molar-refractivity contribution in [3.63, 3.8) is 0 Å². The number of Topliss-reactive ketones (excluding diaryl/α,β-unsaturated/α-hetero) is 1. The van der Waals surface area contributed by atoms with E-state index in [2.05, 4.69) is 31.9 Å². The minimum Gasteiger partial charge on any atom is -0.501 e. The minimum atomic E-state index is -0.782. The molecule has 80 valence electrons. The first kappa shape index (κ1) is 12.1. The lowest BCUT2D eigenvalue weighted by Crippen LogP contribution is -2.05. The summed E-state index contributed by atoms with van der Waals surface area (Å²) >= 11 is 5.85. The number of hydrogen-bond acceptors (Lipinski definition) is 4. The van der Waals surface area contributed by atoms with Gasteiger partial charge in [-0.1, -0.05) is 15.9 Å². The molecule has 1 aromatic rings. The van der Waals surface area contributed by atoms with Crippen LogP contribution in [0, 0.1) is 10.1 Å². The molecule has 7 heteroatoms. The number of hydrogen-bond donors (Lipinski definition) is 1. The molecule has 5 nitrogen and oxygen atoms in total. The molecule has 0 aliphatic heterocycles. The van der Waals surface area contributed by atoms with Crippen molar-refractivity contribution in [2.24, 2.45) is 0 Å². The van der Waals surface area contributed by atoms with E-state index in [1.54, 1.807) is 0 Å². The summed E-state index contributed by atoms with van der Waals surface area (Å²) in [6, 6.07) is 2.68. The maximum atomic E-state index is 11.3. The predicted octanol–water partition coefficient (Wildman–Crippen LogP) is 2.64. The van der Waals surface area contributed by atoms with E-state index in [-0.39, 0.29) is 15.4 Å². The number of ketones is 1. The third kappa shape index (κ3) is 2.35. The van der Waals surface area contributed by atoms with Crippen LogP contribution < -0.4 is 0 Å². The summed E-state index contributed by atoms with van der Waals surface area (Å²) in [5.41, 5.74) is -0.689. The first-order valence-corrected chi connectivity index (χ1v) is 5.65. The van der Waals surface area contributed by atoms with Crippen LogP contribution in [-0.2, 0) is 0 Å². The Bertz CT molecular complexity index is 433. The van der Waals surface area contributed by atoms with Gasteiger partial charge in [-0.15, -0.1) is 0 Å². The van der Waals surface area contributed by atoms with Gasteiger partial charge in [0.15, 0.2) is 5.78 Å². The number of benzene rings is 1. The van der Waals surface area contributed by atoms with Crippen molar-refractivity contribution in [2.75, 3.05) is 5.33 Å². The number of halogens is 2. The van der Waals surface area contributed by atoms with Gasteiger partial charge in [0.1, 0.15) is 5.56 Å². The zero-order chi connectivity index (χ0) is 11.6. The van der Waals surface area contributed by atoms with Crippen molar-refractivity contribution >= 4 is 43.3 Å². The maximum Gasteiger partial charge on any atom is 0.322 e. The van der Waals surface area contributed by atoms with Gasteiger partial charge in [-0.05, 0) is 28.1 Å². The number of rotatable bonds is 3. The van der Waals surface area contributed by atoms with Crippen molar-refractivity contribution in [3.05, 3.63) is 32.3 Å². The van der Waals surface area contributed by atoms with Crippen molar-refractivity contribution in [1.82, 2.24) is 0 Å². The molecule has 15 heavy (non-hydrogen) atoms. The lowest BCUT2D eigenvalue weighted by Gasteiger charge is -2.03. The van der Waals surface area contributed by atoms with E-state index < -0.39 is 22.1 Å². The molecule has 1 N–H and O–H groups in total. The monoisotopic (exact) mass is 337 g/mol. The molecule has 0 bridgehead atoms. The quantitative estimate of drug-likeness (QED) is 0.397. The largest absolute Gasteiger partial charge is 0.501 e. The lowest BCUT2D eigenvalue weighted by atomic mass is 10.1. The van der Waals surface area contributed by atoms with Crippen molar-refractivity contribution in [1.29, 1.82) is 0 Å². The highest BCUT2D eigenvalue weighted by Gasteiger charge is 2.25. The van der Waals surface area contributed by atoms with Crippen LogP contribution in [0.3, 0.4) is 0 Å². The Morgan fingerprint density at radius 1 is 1.53 bits per heavy atom. The Morgan fingerprint density at radius 2 is 2.13 bits per heavy atom. The van der Waals surface area contributed by atoms with Crippen molar-refractivity contribution < 1.29 is 14.8 Å². The number of alkyl halides is 1. The van der Waals surface area contributed by atoms with Gasteiger partial charge in [-0.2, -0.15) is 0 Å². The smallest absolute Gasteiger partial charge is 0.322 e. The molecule has 0 aliphatic rings.